The van der Waals surface area contributed by atoms with Crippen molar-refractivity contribution in [3.63, 3.8) is 0 Å². The van der Waals surface area contributed by atoms with Crippen molar-refractivity contribution in [2.45, 2.75) is 46.2 Å². The van der Waals surface area contributed by atoms with Gasteiger partial charge in [0.1, 0.15) is 5.75 Å². The van der Waals surface area contributed by atoms with E-state index < -0.39 is 0 Å². The second kappa shape index (κ2) is 7.29. The van der Waals surface area contributed by atoms with E-state index in [-0.39, 0.29) is 11.8 Å². The fraction of sp³-hybridized carbons (Fsp3) is 0.562. The van der Waals surface area contributed by atoms with E-state index in [1.54, 1.807) is 7.11 Å². The van der Waals surface area contributed by atoms with Gasteiger partial charge in [0.15, 0.2) is 5.78 Å². The molecule has 0 amide bonds. The largest absolute Gasteiger partial charge is 0.497 e. The number of carbonyl (C=O) groups is 1. The fourth-order valence-electron chi connectivity index (χ4n) is 2.30. The average Bonchev–Trinajstić information content (AvgIpc) is 2.43. The van der Waals surface area contributed by atoms with E-state index in [0.29, 0.717) is 6.04 Å². The number of methoxy groups -OCH3 is 1. The Morgan fingerprint density at radius 3 is 2.21 bits per heavy atom. The van der Waals surface area contributed by atoms with Gasteiger partial charge in [-0.2, -0.15) is 0 Å². The van der Waals surface area contributed by atoms with Crippen LogP contribution in [0.4, 0.5) is 0 Å². The third kappa shape index (κ3) is 4.06. The molecule has 0 N–H and O–H groups in total. The molecular weight excluding hydrogens is 238 g/mol. The maximum Gasteiger partial charge on any atom is 0.179 e. The first kappa shape index (κ1) is 15.7. The second-order valence-electron chi connectivity index (χ2n) is 5.10. The number of ether oxygens (including phenoxy) is 1. The highest BCUT2D eigenvalue weighted by atomic mass is 16.5. The van der Waals surface area contributed by atoms with Crippen LogP contribution in [0.2, 0.25) is 0 Å². The minimum Gasteiger partial charge on any atom is -0.497 e. The lowest BCUT2D eigenvalue weighted by Crippen LogP contribution is -2.43. The summed E-state index contributed by atoms with van der Waals surface area (Å²) in [7, 11) is 1.63. The Bertz CT molecular complexity index is 398. The zero-order valence-electron chi connectivity index (χ0n) is 12.6. The number of hydrogen-bond donors (Lipinski definition) is 0. The Labute approximate surface area is 116 Å². The van der Waals surface area contributed by atoms with Crippen LogP contribution >= 0.6 is 0 Å². The predicted octanol–water partition coefficient (Wildman–Crippen LogP) is 3.39. The van der Waals surface area contributed by atoms with E-state index in [1.807, 2.05) is 31.2 Å². The van der Waals surface area contributed by atoms with Crippen LogP contribution in [0.15, 0.2) is 24.3 Å². The lowest BCUT2D eigenvalue weighted by molar-refractivity contribution is 0.0789. The van der Waals surface area contributed by atoms with E-state index in [1.165, 1.54) is 0 Å². The Morgan fingerprint density at radius 2 is 1.79 bits per heavy atom. The van der Waals surface area contributed by atoms with Gasteiger partial charge >= 0.3 is 0 Å². The van der Waals surface area contributed by atoms with Crippen molar-refractivity contribution in [3.8, 4) is 5.75 Å². The van der Waals surface area contributed by atoms with Crippen LogP contribution in [-0.2, 0) is 0 Å². The molecule has 0 heterocycles. The van der Waals surface area contributed by atoms with Crippen molar-refractivity contribution in [1.29, 1.82) is 0 Å². The minimum atomic E-state index is -0.0895. The van der Waals surface area contributed by atoms with Gasteiger partial charge in [0.2, 0.25) is 0 Å². The first-order valence-corrected chi connectivity index (χ1v) is 6.95. The molecule has 0 aliphatic rings. The third-order valence-corrected chi connectivity index (χ3v) is 3.40. The lowest BCUT2D eigenvalue weighted by atomic mass is 10.0. The molecule has 0 saturated carbocycles. The van der Waals surface area contributed by atoms with Gasteiger partial charge in [-0.1, -0.05) is 6.92 Å². The standard InChI is InChI=1S/C16H25NO2/c1-6-11-17(12(2)3)13(4)16(18)14-7-9-15(19-5)10-8-14/h7-10,12-13H,6,11H2,1-5H3. The average molecular weight is 263 g/mol. The summed E-state index contributed by atoms with van der Waals surface area (Å²) in [6.07, 6.45) is 1.05. The Balaban J connectivity index is 2.84. The SMILES string of the molecule is CCCN(C(C)C)C(C)C(=O)c1ccc(OC)cc1. The molecule has 0 fully saturated rings. The molecule has 0 aromatic heterocycles. The molecule has 0 aliphatic carbocycles. The first-order chi connectivity index (χ1) is 9.01. The molecule has 1 atom stereocenters. The van der Waals surface area contributed by atoms with E-state index in [9.17, 15) is 4.79 Å². The third-order valence-electron chi connectivity index (χ3n) is 3.40. The van der Waals surface area contributed by atoms with Gasteiger partial charge in [0.25, 0.3) is 0 Å². The molecule has 1 aromatic carbocycles. The van der Waals surface area contributed by atoms with Crippen LogP contribution in [0.1, 0.15) is 44.5 Å². The summed E-state index contributed by atoms with van der Waals surface area (Å²) in [5.41, 5.74) is 0.745. The van der Waals surface area contributed by atoms with Crippen LogP contribution in [0, 0.1) is 0 Å². The van der Waals surface area contributed by atoms with Crippen LogP contribution < -0.4 is 4.74 Å². The molecule has 1 rings (SSSR count). The van der Waals surface area contributed by atoms with Crippen molar-refractivity contribution in [2.24, 2.45) is 0 Å². The summed E-state index contributed by atoms with van der Waals surface area (Å²) in [6.45, 7) is 9.34. The van der Waals surface area contributed by atoms with Gasteiger partial charge in [-0.25, -0.2) is 0 Å². The number of ketones is 1. The highest BCUT2D eigenvalue weighted by Crippen LogP contribution is 2.16. The highest BCUT2D eigenvalue weighted by molar-refractivity contribution is 5.99. The summed E-state index contributed by atoms with van der Waals surface area (Å²) in [4.78, 5) is 14.7. The number of Topliss-reactive ketones (excluding diaryl/α,β-unsaturated/α-hetero) is 1. The minimum absolute atomic E-state index is 0.0895. The van der Waals surface area contributed by atoms with Gasteiger partial charge in [0.05, 0.1) is 13.2 Å². The molecule has 1 unspecified atom stereocenters. The zero-order chi connectivity index (χ0) is 14.4. The normalized spacial score (nSPS) is 12.8. The fourth-order valence-corrected chi connectivity index (χ4v) is 2.30. The maximum absolute atomic E-state index is 12.5. The van der Waals surface area contributed by atoms with Crippen molar-refractivity contribution >= 4 is 5.78 Å². The molecule has 0 radical (unpaired) electrons. The molecule has 3 heteroatoms. The number of rotatable bonds is 7. The van der Waals surface area contributed by atoms with Crippen LogP contribution in [0.3, 0.4) is 0 Å². The quantitative estimate of drug-likeness (QED) is 0.706. The summed E-state index contributed by atoms with van der Waals surface area (Å²) in [5, 5.41) is 0. The monoisotopic (exact) mass is 263 g/mol. The van der Waals surface area contributed by atoms with Crippen molar-refractivity contribution in [3.05, 3.63) is 29.8 Å². The number of hydrogen-bond acceptors (Lipinski definition) is 3. The number of nitrogens with zero attached hydrogens (tertiary/aromatic N) is 1. The van der Waals surface area contributed by atoms with E-state index >= 15 is 0 Å². The summed E-state index contributed by atoms with van der Waals surface area (Å²) in [6, 6.07) is 7.62. The first-order valence-electron chi connectivity index (χ1n) is 6.95. The second-order valence-corrected chi connectivity index (χ2v) is 5.10. The molecule has 0 aliphatic heterocycles. The smallest absolute Gasteiger partial charge is 0.179 e. The van der Waals surface area contributed by atoms with Gasteiger partial charge in [0, 0.05) is 11.6 Å². The van der Waals surface area contributed by atoms with E-state index in [0.717, 1.165) is 24.3 Å². The summed E-state index contributed by atoms with van der Waals surface area (Å²) < 4.78 is 5.11. The summed E-state index contributed by atoms with van der Waals surface area (Å²) in [5.74, 6) is 0.947. The molecule has 0 bridgehead atoms. The summed E-state index contributed by atoms with van der Waals surface area (Å²) >= 11 is 0. The van der Waals surface area contributed by atoms with Gasteiger partial charge < -0.3 is 4.74 Å². The topological polar surface area (TPSA) is 29.5 Å². The molecule has 0 spiro atoms. The maximum atomic E-state index is 12.5. The van der Waals surface area contributed by atoms with Crippen LogP contribution in [0.25, 0.3) is 0 Å². The Kier molecular flexibility index (Phi) is 6.03. The number of benzene rings is 1. The Hall–Kier alpha value is -1.35. The van der Waals surface area contributed by atoms with Crippen molar-refractivity contribution < 1.29 is 9.53 Å². The molecule has 1 aromatic rings. The lowest BCUT2D eigenvalue weighted by Gasteiger charge is -2.31. The van der Waals surface area contributed by atoms with Crippen LogP contribution in [-0.4, -0.2) is 36.4 Å². The predicted molar refractivity (Wildman–Crippen MR) is 78.9 cm³/mol. The molecular formula is C16H25NO2. The highest BCUT2D eigenvalue weighted by Gasteiger charge is 2.23. The van der Waals surface area contributed by atoms with E-state index in [4.69, 9.17) is 4.74 Å². The molecule has 3 nitrogen and oxygen atoms in total. The van der Waals surface area contributed by atoms with Gasteiger partial charge in [-0.3, -0.25) is 9.69 Å². The number of carbonyl (C=O) groups excluding carboxylic acids is 1. The van der Waals surface area contributed by atoms with Gasteiger partial charge in [-0.15, -0.1) is 0 Å². The van der Waals surface area contributed by atoms with Gasteiger partial charge in [-0.05, 0) is 58.0 Å². The van der Waals surface area contributed by atoms with Crippen molar-refractivity contribution in [1.82, 2.24) is 4.90 Å². The zero-order valence-corrected chi connectivity index (χ0v) is 12.6. The van der Waals surface area contributed by atoms with E-state index in [2.05, 4.69) is 25.7 Å². The Morgan fingerprint density at radius 1 is 1.21 bits per heavy atom. The molecule has 0 saturated heterocycles. The molecule has 19 heavy (non-hydrogen) atoms. The van der Waals surface area contributed by atoms with Crippen LogP contribution in [0.5, 0.6) is 5.75 Å². The molecule has 106 valence electrons. The van der Waals surface area contributed by atoms with Crippen molar-refractivity contribution in [2.75, 3.05) is 13.7 Å².